The second kappa shape index (κ2) is 13.6. The number of ether oxygens (including phenoxy) is 2. The molecule has 40 heavy (non-hydrogen) atoms. The fourth-order valence-electron chi connectivity index (χ4n) is 5.29. The third-order valence-corrected chi connectivity index (χ3v) is 8.91. The molecule has 0 bridgehead atoms. The molecule has 1 aliphatic heterocycles. The lowest BCUT2D eigenvalue weighted by Crippen LogP contribution is -2.51. The summed E-state index contributed by atoms with van der Waals surface area (Å²) in [4.78, 5) is 28.6. The Morgan fingerprint density at radius 3 is 2.45 bits per heavy atom. The van der Waals surface area contributed by atoms with Crippen molar-refractivity contribution in [1.82, 2.24) is 10.2 Å². The molecule has 0 saturated heterocycles. The average molecular weight is 592 g/mol. The van der Waals surface area contributed by atoms with Crippen molar-refractivity contribution in [2.24, 2.45) is 0 Å². The predicted octanol–water partition coefficient (Wildman–Crippen LogP) is 4.52. The van der Waals surface area contributed by atoms with E-state index in [1.807, 2.05) is 25.1 Å². The number of anilines is 1. The Labute approximate surface area is 241 Å². The van der Waals surface area contributed by atoms with Crippen molar-refractivity contribution in [2.75, 3.05) is 30.3 Å². The SMILES string of the molecule is CCC(C(=O)NC1CCCC1)N(Cc1ccccc1Cl)C(=O)CCCN(c1ccc2c(c1)OCCO2)S(C)(=O)=O. The summed E-state index contributed by atoms with van der Waals surface area (Å²) in [6.45, 7) is 2.99. The van der Waals surface area contributed by atoms with Crippen molar-refractivity contribution in [1.29, 1.82) is 0 Å². The van der Waals surface area contributed by atoms with Gasteiger partial charge in [0.1, 0.15) is 19.3 Å². The number of carbonyl (C=O) groups excluding carboxylic acids is 2. The van der Waals surface area contributed by atoms with Gasteiger partial charge in [-0.25, -0.2) is 8.42 Å². The molecule has 1 unspecified atom stereocenters. The summed E-state index contributed by atoms with van der Waals surface area (Å²) in [5.74, 6) is 0.654. The number of carbonyl (C=O) groups is 2. The van der Waals surface area contributed by atoms with Crippen LogP contribution in [0, 0.1) is 0 Å². The van der Waals surface area contributed by atoms with Gasteiger partial charge >= 0.3 is 0 Å². The molecule has 2 aromatic carbocycles. The highest BCUT2D eigenvalue weighted by Gasteiger charge is 2.31. The summed E-state index contributed by atoms with van der Waals surface area (Å²) in [7, 11) is -3.63. The summed E-state index contributed by atoms with van der Waals surface area (Å²) in [6, 6.07) is 11.7. The lowest BCUT2D eigenvalue weighted by atomic mass is 10.1. The van der Waals surface area contributed by atoms with E-state index in [0.29, 0.717) is 41.8 Å². The number of benzene rings is 2. The van der Waals surface area contributed by atoms with Gasteiger partial charge < -0.3 is 19.7 Å². The zero-order valence-corrected chi connectivity index (χ0v) is 24.7. The first kappa shape index (κ1) is 30.0. The van der Waals surface area contributed by atoms with Gasteiger partial charge in [0, 0.05) is 36.6 Å². The molecule has 1 heterocycles. The van der Waals surface area contributed by atoms with Crippen molar-refractivity contribution in [3.63, 3.8) is 0 Å². The third kappa shape index (κ3) is 7.60. The Morgan fingerprint density at radius 1 is 1.07 bits per heavy atom. The van der Waals surface area contributed by atoms with Gasteiger partial charge in [-0.3, -0.25) is 13.9 Å². The molecular weight excluding hydrogens is 554 g/mol. The number of sulfonamides is 1. The minimum atomic E-state index is -3.63. The molecule has 1 saturated carbocycles. The summed E-state index contributed by atoms with van der Waals surface area (Å²) in [5, 5.41) is 3.65. The van der Waals surface area contributed by atoms with E-state index in [1.54, 1.807) is 29.2 Å². The van der Waals surface area contributed by atoms with Gasteiger partial charge in [-0.05, 0) is 49.4 Å². The molecule has 1 aliphatic carbocycles. The first-order valence-corrected chi connectivity index (χ1v) is 16.1. The van der Waals surface area contributed by atoms with Crippen LogP contribution in [0.5, 0.6) is 11.5 Å². The molecule has 11 heteroatoms. The maximum Gasteiger partial charge on any atom is 0.243 e. The zero-order valence-electron chi connectivity index (χ0n) is 23.1. The van der Waals surface area contributed by atoms with Crippen LogP contribution in [0.2, 0.25) is 5.02 Å². The van der Waals surface area contributed by atoms with Crippen LogP contribution in [-0.4, -0.2) is 63.2 Å². The second-order valence-electron chi connectivity index (χ2n) is 10.3. The Kier molecular flexibility index (Phi) is 10.2. The van der Waals surface area contributed by atoms with Gasteiger partial charge in [0.25, 0.3) is 0 Å². The topological polar surface area (TPSA) is 105 Å². The van der Waals surface area contributed by atoms with E-state index in [-0.39, 0.29) is 43.8 Å². The largest absolute Gasteiger partial charge is 0.486 e. The average Bonchev–Trinajstić information content (AvgIpc) is 3.44. The van der Waals surface area contributed by atoms with E-state index >= 15 is 0 Å². The number of rotatable bonds is 12. The Morgan fingerprint density at radius 2 is 1.77 bits per heavy atom. The van der Waals surface area contributed by atoms with Gasteiger partial charge in [0.05, 0.1) is 11.9 Å². The fourth-order valence-corrected chi connectivity index (χ4v) is 6.44. The number of hydrogen-bond donors (Lipinski definition) is 1. The molecule has 2 aliphatic rings. The second-order valence-corrected chi connectivity index (χ2v) is 12.6. The smallest absolute Gasteiger partial charge is 0.243 e. The van der Waals surface area contributed by atoms with Crippen LogP contribution in [0.4, 0.5) is 5.69 Å². The van der Waals surface area contributed by atoms with Crippen LogP contribution in [0.25, 0.3) is 0 Å². The minimum absolute atomic E-state index is 0.0637. The van der Waals surface area contributed by atoms with Gasteiger partial charge in [0.2, 0.25) is 21.8 Å². The summed E-state index contributed by atoms with van der Waals surface area (Å²) < 4.78 is 37.8. The molecule has 1 N–H and O–H groups in total. The quantitative estimate of drug-likeness (QED) is 0.389. The minimum Gasteiger partial charge on any atom is -0.486 e. The molecule has 4 rings (SSSR count). The molecule has 9 nitrogen and oxygen atoms in total. The molecule has 2 amide bonds. The van der Waals surface area contributed by atoms with Crippen LogP contribution in [-0.2, 0) is 26.2 Å². The zero-order chi connectivity index (χ0) is 28.7. The van der Waals surface area contributed by atoms with Crippen LogP contribution < -0.4 is 19.1 Å². The lowest BCUT2D eigenvalue weighted by Gasteiger charge is -2.32. The van der Waals surface area contributed by atoms with Gasteiger partial charge in [-0.1, -0.05) is 49.6 Å². The van der Waals surface area contributed by atoms with Gasteiger partial charge in [0.15, 0.2) is 11.5 Å². The first-order valence-electron chi connectivity index (χ1n) is 13.9. The number of fused-ring (bicyclic) bond motifs is 1. The van der Waals surface area contributed by atoms with Crippen LogP contribution in [0.1, 0.15) is 57.4 Å². The normalized spacial score (nSPS) is 15.9. The van der Waals surface area contributed by atoms with Crippen molar-refractivity contribution in [3.8, 4) is 11.5 Å². The molecule has 0 radical (unpaired) electrons. The molecular formula is C29H38ClN3O6S. The van der Waals surface area contributed by atoms with E-state index in [0.717, 1.165) is 37.5 Å². The summed E-state index contributed by atoms with van der Waals surface area (Å²) in [5.41, 5.74) is 1.19. The Balaban J connectivity index is 1.49. The molecule has 0 aromatic heterocycles. The van der Waals surface area contributed by atoms with E-state index < -0.39 is 16.1 Å². The van der Waals surface area contributed by atoms with Crippen molar-refractivity contribution < 1.29 is 27.5 Å². The number of nitrogens with one attached hydrogen (secondary N) is 1. The third-order valence-electron chi connectivity index (χ3n) is 7.35. The molecule has 1 atom stereocenters. The maximum absolute atomic E-state index is 13.7. The summed E-state index contributed by atoms with van der Waals surface area (Å²) in [6.07, 6.45) is 5.98. The molecule has 218 valence electrons. The van der Waals surface area contributed by atoms with Crippen LogP contribution in [0.3, 0.4) is 0 Å². The number of nitrogens with zero attached hydrogens (tertiary/aromatic N) is 2. The van der Waals surface area contributed by atoms with Crippen LogP contribution in [0.15, 0.2) is 42.5 Å². The predicted molar refractivity (Wildman–Crippen MR) is 155 cm³/mol. The van der Waals surface area contributed by atoms with E-state index in [1.165, 1.54) is 4.31 Å². The molecule has 0 spiro atoms. The highest BCUT2D eigenvalue weighted by Crippen LogP contribution is 2.35. The monoisotopic (exact) mass is 591 g/mol. The van der Waals surface area contributed by atoms with Crippen LogP contribution >= 0.6 is 11.6 Å². The molecule has 2 aromatic rings. The van der Waals surface area contributed by atoms with E-state index in [4.69, 9.17) is 21.1 Å². The lowest BCUT2D eigenvalue weighted by molar-refractivity contribution is -0.141. The number of halogens is 1. The maximum atomic E-state index is 13.7. The van der Waals surface area contributed by atoms with Gasteiger partial charge in [-0.2, -0.15) is 0 Å². The van der Waals surface area contributed by atoms with E-state index in [9.17, 15) is 18.0 Å². The number of hydrogen-bond acceptors (Lipinski definition) is 6. The van der Waals surface area contributed by atoms with Crippen molar-refractivity contribution in [2.45, 2.75) is 70.5 Å². The van der Waals surface area contributed by atoms with Gasteiger partial charge in [-0.15, -0.1) is 0 Å². The highest BCUT2D eigenvalue weighted by atomic mass is 35.5. The molecule has 1 fully saturated rings. The Hall–Kier alpha value is -2.98. The Bertz CT molecular complexity index is 1300. The van der Waals surface area contributed by atoms with E-state index in [2.05, 4.69) is 5.32 Å². The highest BCUT2D eigenvalue weighted by molar-refractivity contribution is 7.92. The summed E-state index contributed by atoms with van der Waals surface area (Å²) >= 11 is 6.42. The standard InChI is InChI=1S/C29H38ClN3O6S/c1-3-25(29(35)31-22-10-5-6-11-22)32(20-21-9-4-7-12-24(21)30)28(34)13-8-16-33(40(2,36)37)23-14-15-26-27(19-23)39-18-17-38-26/h4,7,9,12,14-15,19,22,25H,3,5-6,8,10-11,13,16-18,20H2,1-2H3,(H,31,35). The van der Waals surface area contributed by atoms with Crippen molar-refractivity contribution in [3.05, 3.63) is 53.1 Å². The van der Waals surface area contributed by atoms with Crippen molar-refractivity contribution >= 4 is 39.1 Å². The fraction of sp³-hybridized carbons (Fsp3) is 0.517. The number of amides is 2. The first-order chi connectivity index (χ1) is 19.2.